The van der Waals surface area contributed by atoms with Crippen LogP contribution in [-0.2, 0) is 0 Å². The quantitative estimate of drug-likeness (QED) is 0.0826. The first-order valence-corrected chi connectivity index (χ1v) is 32.7. The summed E-state index contributed by atoms with van der Waals surface area (Å²) in [6.07, 6.45) is 0. The van der Waals surface area contributed by atoms with E-state index in [-0.39, 0.29) is 5.28 Å². The van der Waals surface area contributed by atoms with Gasteiger partial charge in [0.05, 0.1) is 19.9 Å². The Morgan fingerprint density at radius 1 is 0.242 bits per heavy atom. The third-order valence-electron chi connectivity index (χ3n) is 15.7. The molecule has 0 saturated heterocycles. The van der Waals surface area contributed by atoms with Crippen LogP contribution in [0, 0.1) is 27.7 Å². The molecule has 14 nitrogen and oxygen atoms in total. The van der Waals surface area contributed by atoms with Gasteiger partial charge in [-0.3, -0.25) is 24.5 Å². The zero-order chi connectivity index (χ0) is 68.3. The van der Waals surface area contributed by atoms with E-state index < -0.39 is 0 Å². The standard InChI is InChI=1S/C42H36N6O.C29H24ClN5.C13H13NO/c1-31-16-13-24-36(28-31)46(33-18-7-4-8-19-33)40-43-41(47(34-20-9-5-10-21-34)37-25-14-17-32(2)29-37)45-42(44-40)48(35-22-11-6-12-23-35)38-26-15-27-39(30-38)49-3;1-21-11-9-17-25(19-21)34(23-13-5-3-6-14-23)28-31-27(30)32-29(33-28)35(24-15-7-4-8-16-24)26-18-10-12-22(2)20-26;1-15-13-9-5-8-12(10-13)14-11-6-3-2-4-7-11/h4-30H,1-3H3;3-20H,1-2H3;2-10,14H,1H3. The molecule has 14 rings (SSSR count). The second kappa shape index (κ2) is 32.2. The van der Waals surface area contributed by atoms with E-state index in [1.165, 1.54) is 0 Å². The summed E-state index contributed by atoms with van der Waals surface area (Å²) in [5.41, 5.74) is 15.8. The largest absolute Gasteiger partial charge is 0.497 e. The molecule has 0 aliphatic rings. The lowest BCUT2D eigenvalue weighted by atomic mass is 10.2. The minimum absolute atomic E-state index is 0.118. The van der Waals surface area contributed by atoms with Crippen molar-refractivity contribution in [1.29, 1.82) is 0 Å². The molecule has 0 aliphatic carbocycles. The molecule has 0 spiro atoms. The number of aryl methyl sites for hydroxylation is 4. The minimum Gasteiger partial charge on any atom is -0.497 e. The van der Waals surface area contributed by atoms with Crippen LogP contribution in [0.4, 0.5) is 98.0 Å². The van der Waals surface area contributed by atoms with Crippen LogP contribution in [0.5, 0.6) is 11.5 Å². The molecule has 0 bridgehead atoms. The molecule has 0 fully saturated rings. The molecule has 488 valence electrons. The number of nitrogens with zero attached hydrogens (tertiary/aromatic N) is 11. The number of hydrogen-bond acceptors (Lipinski definition) is 14. The van der Waals surface area contributed by atoms with E-state index in [0.717, 1.165) is 102 Å². The van der Waals surface area contributed by atoms with Crippen LogP contribution in [0.3, 0.4) is 0 Å². The van der Waals surface area contributed by atoms with Crippen molar-refractivity contribution in [3.63, 3.8) is 0 Å². The predicted octanol–water partition coefficient (Wildman–Crippen LogP) is 22.4. The summed E-state index contributed by atoms with van der Waals surface area (Å²) < 4.78 is 10.8. The lowest BCUT2D eigenvalue weighted by Crippen LogP contribution is -2.22. The molecule has 2 heterocycles. The van der Waals surface area contributed by atoms with Gasteiger partial charge < -0.3 is 14.8 Å². The molecule has 0 radical (unpaired) electrons. The number of halogens is 1. The Morgan fingerprint density at radius 3 is 0.768 bits per heavy atom. The SMILES string of the molecule is COc1cccc(N(c2ccccc2)c2nc(N(c3ccccc3)c3cccc(C)c3)nc(N(c3ccccc3)c3cccc(C)c3)n2)c1.COc1cccc(Nc2ccccc2)c1.Cc1cccc(N(c2ccccc2)c2nc(Cl)nc(N(c3ccccc3)c3cccc(C)c3)n2)c1. The van der Waals surface area contributed by atoms with Crippen LogP contribution in [0.2, 0.25) is 5.28 Å². The Kier molecular flexibility index (Phi) is 21.6. The Hall–Kier alpha value is -12.7. The minimum atomic E-state index is 0.118. The van der Waals surface area contributed by atoms with Gasteiger partial charge in [0.15, 0.2) is 0 Å². The van der Waals surface area contributed by atoms with Gasteiger partial charge in [0.2, 0.25) is 35.0 Å². The van der Waals surface area contributed by atoms with Gasteiger partial charge in [-0.15, -0.1) is 0 Å². The number of nitrogens with one attached hydrogen (secondary N) is 1. The third-order valence-corrected chi connectivity index (χ3v) is 15.9. The summed E-state index contributed by atoms with van der Waals surface area (Å²) in [6, 6.07) is 110. The highest BCUT2D eigenvalue weighted by atomic mass is 35.5. The van der Waals surface area contributed by atoms with Gasteiger partial charge in [0.25, 0.3) is 0 Å². The molecule has 0 atom stereocenters. The predicted molar refractivity (Wildman–Crippen MR) is 406 cm³/mol. The van der Waals surface area contributed by atoms with Gasteiger partial charge in [-0.05, 0) is 207 Å². The number of anilines is 17. The Bertz CT molecular complexity index is 4700. The maximum atomic E-state index is 6.53. The van der Waals surface area contributed by atoms with Gasteiger partial charge >= 0.3 is 0 Å². The average Bonchev–Trinajstić information content (AvgIpc) is 0.775. The summed E-state index contributed by atoms with van der Waals surface area (Å²) in [7, 11) is 3.34. The highest BCUT2D eigenvalue weighted by molar-refractivity contribution is 6.28. The third kappa shape index (κ3) is 16.9. The van der Waals surface area contributed by atoms with Gasteiger partial charge in [-0.1, -0.05) is 170 Å². The molecule has 15 heteroatoms. The molecule has 1 N–H and O–H groups in total. The van der Waals surface area contributed by atoms with E-state index in [2.05, 4.69) is 150 Å². The van der Waals surface area contributed by atoms with Crippen LogP contribution in [0.25, 0.3) is 0 Å². The van der Waals surface area contributed by atoms with Gasteiger partial charge in [-0.25, -0.2) is 0 Å². The number of aromatic nitrogens is 6. The molecule has 99 heavy (non-hydrogen) atoms. The van der Waals surface area contributed by atoms with Crippen LogP contribution in [-0.4, -0.2) is 44.1 Å². The smallest absolute Gasteiger partial charge is 0.241 e. The molecule has 0 saturated carbocycles. The number of para-hydroxylation sites is 6. The van der Waals surface area contributed by atoms with Gasteiger partial charge in [0, 0.05) is 74.7 Å². The van der Waals surface area contributed by atoms with E-state index in [1.54, 1.807) is 14.2 Å². The number of methoxy groups -OCH3 is 2. The molecule has 14 aromatic rings. The normalized spacial score (nSPS) is 10.6. The van der Waals surface area contributed by atoms with Crippen molar-refractivity contribution in [1.82, 2.24) is 29.9 Å². The number of rotatable bonds is 19. The molecular formula is C84H73ClN12O2. The molecule has 2 aromatic heterocycles. The number of benzene rings is 12. The Labute approximate surface area is 584 Å². The van der Waals surface area contributed by atoms with Crippen molar-refractivity contribution < 1.29 is 9.47 Å². The average molecular weight is 1320 g/mol. The Morgan fingerprint density at radius 2 is 0.475 bits per heavy atom. The van der Waals surface area contributed by atoms with E-state index in [9.17, 15) is 0 Å². The number of hydrogen-bond donors (Lipinski definition) is 1. The highest BCUT2D eigenvalue weighted by Crippen LogP contribution is 2.43. The van der Waals surface area contributed by atoms with Crippen molar-refractivity contribution in [3.05, 3.63) is 355 Å². The molecule has 0 amide bonds. The van der Waals surface area contributed by atoms with E-state index in [0.29, 0.717) is 29.7 Å². The number of ether oxygens (including phenoxy) is 2. The van der Waals surface area contributed by atoms with Gasteiger partial charge in [0.1, 0.15) is 11.5 Å². The fourth-order valence-corrected chi connectivity index (χ4v) is 11.3. The van der Waals surface area contributed by atoms with Crippen LogP contribution < -0.4 is 39.3 Å². The van der Waals surface area contributed by atoms with E-state index >= 15 is 0 Å². The van der Waals surface area contributed by atoms with Crippen LogP contribution >= 0.6 is 11.6 Å². The second-order valence-electron chi connectivity index (χ2n) is 23.1. The first-order chi connectivity index (χ1) is 48.5. The van der Waals surface area contributed by atoms with Crippen molar-refractivity contribution >= 4 is 110 Å². The van der Waals surface area contributed by atoms with Crippen molar-refractivity contribution in [2.45, 2.75) is 27.7 Å². The summed E-state index contributed by atoms with van der Waals surface area (Å²) in [4.78, 5) is 40.0. The summed E-state index contributed by atoms with van der Waals surface area (Å²) in [5.74, 6) is 3.83. The second-order valence-corrected chi connectivity index (χ2v) is 23.4. The van der Waals surface area contributed by atoms with Gasteiger partial charge in [-0.2, -0.15) is 29.9 Å². The van der Waals surface area contributed by atoms with Crippen molar-refractivity contribution in [2.24, 2.45) is 0 Å². The van der Waals surface area contributed by atoms with Crippen LogP contribution in [0.15, 0.2) is 328 Å². The molecular weight excluding hydrogens is 1240 g/mol. The van der Waals surface area contributed by atoms with E-state index in [4.69, 9.17) is 41.0 Å². The van der Waals surface area contributed by atoms with E-state index in [1.807, 2.05) is 245 Å². The molecule has 12 aromatic carbocycles. The fraction of sp³-hybridized carbons (Fsp3) is 0.0714. The maximum absolute atomic E-state index is 6.53. The lowest BCUT2D eigenvalue weighted by Gasteiger charge is -2.30. The lowest BCUT2D eigenvalue weighted by molar-refractivity contribution is 0.415. The van der Waals surface area contributed by atoms with Crippen molar-refractivity contribution in [3.8, 4) is 11.5 Å². The summed E-state index contributed by atoms with van der Waals surface area (Å²) >= 11 is 6.53. The monoisotopic (exact) mass is 1320 g/mol. The molecule has 0 unspecified atom stereocenters. The zero-order valence-corrected chi connectivity index (χ0v) is 56.5. The fourth-order valence-electron chi connectivity index (χ4n) is 11.2. The van der Waals surface area contributed by atoms with Crippen LogP contribution in [0.1, 0.15) is 22.3 Å². The topological polar surface area (TPSA) is 124 Å². The highest BCUT2D eigenvalue weighted by Gasteiger charge is 2.27. The maximum Gasteiger partial charge on any atom is 0.241 e. The first-order valence-electron chi connectivity index (χ1n) is 32.3. The molecule has 0 aliphatic heterocycles. The summed E-state index contributed by atoms with van der Waals surface area (Å²) in [6.45, 7) is 8.30. The summed E-state index contributed by atoms with van der Waals surface area (Å²) in [5, 5.41) is 3.42. The van der Waals surface area contributed by atoms with Crippen molar-refractivity contribution in [2.75, 3.05) is 44.0 Å². The Balaban J connectivity index is 0.000000161. The first kappa shape index (κ1) is 66.4. The zero-order valence-electron chi connectivity index (χ0n) is 55.8.